The molecule has 122 valence electrons. The van der Waals surface area contributed by atoms with Gasteiger partial charge in [-0.1, -0.05) is 53.5 Å². The minimum absolute atomic E-state index is 0.251. The second-order valence-electron chi connectivity index (χ2n) is 5.61. The standard InChI is InChI=1S/C18H19BrClNO2/c1-12(2)9-10-23-17-8-7-13(19)11-14(17)18(22)21-16-6-4-3-5-15(16)20/h3-8,11-12H,9-10H2,1-2H3,(H,21,22). The molecule has 1 N–H and O–H groups in total. The second kappa shape index (κ2) is 8.37. The average Bonchev–Trinajstić information content (AvgIpc) is 2.50. The van der Waals surface area contributed by atoms with Crippen molar-refractivity contribution in [3.63, 3.8) is 0 Å². The van der Waals surface area contributed by atoms with Crippen LogP contribution in [0.1, 0.15) is 30.6 Å². The molecule has 1 amide bonds. The number of carbonyl (C=O) groups is 1. The van der Waals surface area contributed by atoms with Crippen LogP contribution in [0.4, 0.5) is 5.69 Å². The minimum Gasteiger partial charge on any atom is -0.493 e. The third kappa shape index (κ3) is 5.26. The molecule has 0 atom stereocenters. The highest BCUT2D eigenvalue weighted by molar-refractivity contribution is 9.10. The summed E-state index contributed by atoms with van der Waals surface area (Å²) in [6.45, 7) is 4.84. The van der Waals surface area contributed by atoms with E-state index in [1.165, 1.54) is 0 Å². The molecule has 0 aromatic heterocycles. The summed E-state index contributed by atoms with van der Waals surface area (Å²) in [5.74, 6) is 0.864. The van der Waals surface area contributed by atoms with Gasteiger partial charge in [-0.15, -0.1) is 0 Å². The van der Waals surface area contributed by atoms with E-state index in [1.807, 2.05) is 18.2 Å². The van der Waals surface area contributed by atoms with Crippen LogP contribution in [0.15, 0.2) is 46.9 Å². The Labute approximate surface area is 150 Å². The zero-order chi connectivity index (χ0) is 16.8. The van der Waals surface area contributed by atoms with Gasteiger partial charge in [0, 0.05) is 4.47 Å². The molecule has 2 aromatic carbocycles. The van der Waals surface area contributed by atoms with E-state index >= 15 is 0 Å². The molecule has 0 unspecified atom stereocenters. The molecule has 0 aliphatic rings. The summed E-state index contributed by atoms with van der Waals surface area (Å²) in [6.07, 6.45) is 0.932. The SMILES string of the molecule is CC(C)CCOc1ccc(Br)cc1C(=O)Nc1ccccc1Cl. The third-order valence-electron chi connectivity index (χ3n) is 3.26. The lowest BCUT2D eigenvalue weighted by molar-refractivity contribution is 0.102. The van der Waals surface area contributed by atoms with Gasteiger partial charge in [0.1, 0.15) is 5.75 Å². The summed E-state index contributed by atoms with van der Waals surface area (Å²) >= 11 is 9.48. The van der Waals surface area contributed by atoms with Crippen LogP contribution in [0.2, 0.25) is 5.02 Å². The van der Waals surface area contributed by atoms with E-state index in [4.69, 9.17) is 16.3 Å². The first-order chi connectivity index (χ1) is 11.0. The number of hydrogen-bond donors (Lipinski definition) is 1. The van der Waals surface area contributed by atoms with E-state index in [0.717, 1.165) is 10.9 Å². The third-order valence-corrected chi connectivity index (χ3v) is 4.08. The number of anilines is 1. The van der Waals surface area contributed by atoms with E-state index in [-0.39, 0.29) is 5.91 Å². The fraction of sp³-hybridized carbons (Fsp3) is 0.278. The number of benzene rings is 2. The van der Waals surface area contributed by atoms with Crippen molar-refractivity contribution in [3.8, 4) is 5.75 Å². The lowest BCUT2D eigenvalue weighted by atomic mass is 10.1. The smallest absolute Gasteiger partial charge is 0.259 e. The van der Waals surface area contributed by atoms with Crippen molar-refractivity contribution in [2.75, 3.05) is 11.9 Å². The first-order valence-electron chi connectivity index (χ1n) is 7.45. The van der Waals surface area contributed by atoms with E-state index in [9.17, 15) is 4.79 Å². The van der Waals surface area contributed by atoms with Crippen LogP contribution in [-0.2, 0) is 0 Å². The Morgan fingerprint density at radius 2 is 2.00 bits per heavy atom. The fourth-order valence-corrected chi connectivity index (χ4v) is 2.51. The van der Waals surface area contributed by atoms with Crippen molar-refractivity contribution in [3.05, 3.63) is 57.5 Å². The molecule has 0 heterocycles. The lowest BCUT2D eigenvalue weighted by Crippen LogP contribution is -2.14. The predicted molar refractivity (Wildman–Crippen MR) is 98.5 cm³/mol. The van der Waals surface area contributed by atoms with Crippen LogP contribution in [-0.4, -0.2) is 12.5 Å². The number of rotatable bonds is 6. The summed E-state index contributed by atoms with van der Waals surface area (Å²) in [5, 5.41) is 3.32. The van der Waals surface area contributed by atoms with Gasteiger partial charge in [0.25, 0.3) is 5.91 Å². The molecule has 3 nitrogen and oxygen atoms in total. The Balaban J connectivity index is 2.18. The molecule has 5 heteroatoms. The second-order valence-corrected chi connectivity index (χ2v) is 6.93. The van der Waals surface area contributed by atoms with Crippen LogP contribution in [0.5, 0.6) is 5.75 Å². The molecular formula is C18H19BrClNO2. The summed E-state index contributed by atoms with van der Waals surface area (Å²) in [4.78, 5) is 12.6. The van der Waals surface area contributed by atoms with Crippen molar-refractivity contribution in [2.24, 2.45) is 5.92 Å². The normalized spacial score (nSPS) is 10.7. The number of nitrogens with one attached hydrogen (secondary N) is 1. The highest BCUT2D eigenvalue weighted by Crippen LogP contribution is 2.26. The summed E-state index contributed by atoms with van der Waals surface area (Å²) < 4.78 is 6.60. The van der Waals surface area contributed by atoms with Gasteiger partial charge in [0.05, 0.1) is 22.9 Å². The maximum atomic E-state index is 12.6. The number of halogens is 2. The number of amides is 1. The monoisotopic (exact) mass is 395 g/mol. The molecule has 2 rings (SSSR count). The van der Waals surface area contributed by atoms with Gasteiger partial charge in [-0.25, -0.2) is 0 Å². The zero-order valence-corrected chi connectivity index (χ0v) is 15.4. The van der Waals surface area contributed by atoms with E-state index < -0.39 is 0 Å². The molecule has 0 bridgehead atoms. The minimum atomic E-state index is -0.251. The van der Waals surface area contributed by atoms with Crippen LogP contribution in [0.3, 0.4) is 0 Å². The number of para-hydroxylation sites is 1. The Morgan fingerprint density at radius 3 is 2.70 bits per heavy atom. The molecule has 0 saturated heterocycles. The molecule has 0 saturated carbocycles. The summed E-state index contributed by atoms with van der Waals surface area (Å²) in [6, 6.07) is 12.5. The first-order valence-corrected chi connectivity index (χ1v) is 8.62. The Kier molecular flexibility index (Phi) is 6.48. The number of hydrogen-bond acceptors (Lipinski definition) is 2. The molecule has 0 spiro atoms. The molecule has 0 radical (unpaired) electrons. The molecule has 0 fully saturated rings. The van der Waals surface area contributed by atoms with Gasteiger partial charge in [-0.2, -0.15) is 0 Å². The highest BCUT2D eigenvalue weighted by atomic mass is 79.9. The van der Waals surface area contributed by atoms with Crippen LogP contribution in [0.25, 0.3) is 0 Å². The average molecular weight is 397 g/mol. The van der Waals surface area contributed by atoms with Gasteiger partial charge < -0.3 is 10.1 Å². The Hall–Kier alpha value is -1.52. The topological polar surface area (TPSA) is 38.3 Å². The van der Waals surface area contributed by atoms with Crippen molar-refractivity contribution in [1.29, 1.82) is 0 Å². The molecule has 0 aliphatic heterocycles. The van der Waals surface area contributed by atoms with Gasteiger partial charge in [0.15, 0.2) is 0 Å². The van der Waals surface area contributed by atoms with Crippen molar-refractivity contribution in [1.82, 2.24) is 0 Å². The largest absolute Gasteiger partial charge is 0.493 e. The van der Waals surface area contributed by atoms with Gasteiger partial charge >= 0.3 is 0 Å². The summed E-state index contributed by atoms with van der Waals surface area (Å²) in [7, 11) is 0. The lowest BCUT2D eigenvalue weighted by Gasteiger charge is -2.13. The van der Waals surface area contributed by atoms with Gasteiger partial charge in [-0.05, 0) is 42.7 Å². The summed E-state index contributed by atoms with van der Waals surface area (Å²) in [5.41, 5.74) is 1.05. The van der Waals surface area contributed by atoms with E-state index in [2.05, 4.69) is 35.1 Å². The maximum absolute atomic E-state index is 12.6. The van der Waals surface area contributed by atoms with E-state index in [1.54, 1.807) is 24.3 Å². The first kappa shape index (κ1) is 17.8. The van der Waals surface area contributed by atoms with Crippen molar-refractivity contribution >= 4 is 39.1 Å². The zero-order valence-electron chi connectivity index (χ0n) is 13.1. The van der Waals surface area contributed by atoms with E-state index in [0.29, 0.717) is 34.5 Å². The van der Waals surface area contributed by atoms with Gasteiger partial charge in [-0.3, -0.25) is 4.79 Å². The molecule has 0 aliphatic carbocycles. The van der Waals surface area contributed by atoms with Crippen molar-refractivity contribution in [2.45, 2.75) is 20.3 Å². The number of ether oxygens (including phenoxy) is 1. The van der Waals surface area contributed by atoms with Crippen LogP contribution < -0.4 is 10.1 Å². The van der Waals surface area contributed by atoms with Gasteiger partial charge in [0.2, 0.25) is 0 Å². The highest BCUT2D eigenvalue weighted by Gasteiger charge is 2.15. The Morgan fingerprint density at radius 1 is 1.26 bits per heavy atom. The molecule has 23 heavy (non-hydrogen) atoms. The molecule has 2 aromatic rings. The predicted octanol–water partition coefficient (Wildman–Crippen LogP) is 5.78. The maximum Gasteiger partial charge on any atom is 0.259 e. The van der Waals surface area contributed by atoms with Crippen molar-refractivity contribution < 1.29 is 9.53 Å². The van der Waals surface area contributed by atoms with Crippen LogP contribution in [0, 0.1) is 5.92 Å². The van der Waals surface area contributed by atoms with Crippen LogP contribution >= 0.6 is 27.5 Å². The fourth-order valence-electron chi connectivity index (χ4n) is 1.96. The number of carbonyl (C=O) groups excluding carboxylic acids is 1. The quantitative estimate of drug-likeness (QED) is 0.672. The Bertz CT molecular complexity index is 688. The molecular weight excluding hydrogens is 378 g/mol.